The Morgan fingerprint density at radius 3 is 2.56 bits per heavy atom. The molecule has 3 aromatic rings. The number of primary amides is 1. The number of rotatable bonds is 10. The van der Waals surface area contributed by atoms with Crippen molar-refractivity contribution < 1.29 is 23.5 Å². The lowest BCUT2D eigenvalue weighted by atomic mass is 9.88. The minimum absolute atomic E-state index is 0.00729. The molecule has 0 bridgehead atoms. The highest BCUT2D eigenvalue weighted by molar-refractivity contribution is 6.06. The lowest BCUT2D eigenvalue weighted by Gasteiger charge is -2.30. The minimum Gasteiger partial charge on any atom is -0.462 e. The van der Waals surface area contributed by atoms with Crippen molar-refractivity contribution >= 4 is 34.4 Å². The molecule has 2 fully saturated rings. The zero-order valence-electron chi connectivity index (χ0n) is 24.8. The first kappa shape index (κ1) is 29.4. The number of anilines is 1. The van der Waals surface area contributed by atoms with Gasteiger partial charge in [-0.25, -0.2) is 4.39 Å². The van der Waals surface area contributed by atoms with Crippen LogP contribution in [0.2, 0.25) is 0 Å². The van der Waals surface area contributed by atoms with Crippen molar-refractivity contribution in [1.82, 2.24) is 4.57 Å². The summed E-state index contributed by atoms with van der Waals surface area (Å²) in [5.41, 5.74) is 15.6. The van der Waals surface area contributed by atoms with Crippen molar-refractivity contribution in [3.63, 3.8) is 0 Å². The Kier molecular flexibility index (Phi) is 8.02. The van der Waals surface area contributed by atoms with E-state index in [0.717, 1.165) is 86.4 Å². The van der Waals surface area contributed by atoms with Crippen LogP contribution in [0.4, 0.5) is 10.1 Å². The smallest absolute Gasteiger partial charge is 0.308 e. The third-order valence-corrected chi connectivity index (χ3v) is 9.69. The van der Waals surface area contributed by atoms with Gasteiger partial charge in [0, 0.05) is 34.8 Å². The molecule has 6 rings (SSSR count). The number of ether oxygens (including phenoxy) is 1. The molecule has 1 atom stereocenters. The Morgan fingerprint density at radius 1 is 1.09 bits per heavy atom. The third-order valence-electron chi connectivity index (χ3n) is 9.69. The Morgan fingerprint density at radius 2 is 1.86 bits per heavy atom. The van der Waals surface area contributed by atoms with Crippen LogP contribution < -0.4 is 16.8 Å². The molecule has 2 aliphatic carbocycles. The summed E-state index contributed by atoms with van der Waals surface area (Å²) in [4.78, 5) is 38.3. The zero-order chi connectivity index (χ0) is 30.3. The first-order chi connectivity index (χ1) is 20.7. The quantitative estimate of drug-likeness (QED) is 0.198. The van der Waals surface area contributed by atoms with Crippen LogP contribution >= 0.6 is 0 Å². The fraction of sp³-hybridized carbons (Fsp3) is 0.500. The number of aromatic nitrogens is 1. The number of nitrogens with one attached hydrogen (secondary N) is 1. The normalized spacial score (nSPS) is 21.4. The Bertz CT molecular complexity index is 1570. The molecule has 3 aliphatic rings. The molecule has 9 heteroatoms. The van der Waals surface area contributed by atoms with Crippen LogP contribution in [0.25, 0.3) is 22.0 Å². The molecule has 1 spiro atoms. The molecule has 5 N–H and O–H groups in total. The number of carbonyl (C=O) groups excluding carboxylic acids is 3. The van der Waals surface area contributed by atoms with E-state index >= 15 is 0 Å². The molecule has 0 unspecified atom stereocenters. The number of hydrogen-bond acceptors (Lipinski definition) is 6. The number of fused-ring (bicyclic) bond motifs is 3. The first-order valence-electron chi connectivity index (χ1n) is 15.7. The second-order valence-electron chi connectivity index (χ2n) is 12.9. The molecule has 2 heterocycles. The number of esters is 1. The second kappa shape index (κ2) is 11.8. The second-order valence-corrected chi connectivity index (χ2v) is 12.9. The van der Waals surface area contributed by atoms with Gasteiger partial charge in [0.2, 0.25) is 5.91 Å². The van der Waals surface area contributed by atoms with Crippen LogP contribution in [-0.4, -0.2) is 41.0 Å². The van der Waals surface area contributed by atoms with Crippen LogP contribution in [0.15, 0.2) is 36.4 Å². The molecule has 228 valence electrons. The maximum absolute atomic E-state index is 14.4. The van der Waals surface area contributed by atoms with E-state index in [1.54, 1.807) is 16.7 Å². The molecule has 0 saturated heterocycles. The van der Waals surface area contributed by atoms with Crippen molar-refractivity contribution in [3.8, 4) is 11.1 Å². The molecule has 43 heavy (non-hydrogen) atoms. The van der Waals surface area contributed by atoms with E-state index in [0.29, 0.717) is 29.7 Å². The fourth-order valence-electron chi connectivity index (χ4n) is 7.01. The zero-order valence-corrected chi connectivity index (χ0v) is 24.8. The number of benzene rings is 2. The molecule has 1 aliphatic heterocycles. The fourth-order valence-corrected chi connectivity index (χ4v) is 7.01. The van der Waals surface area contributed by atoms with E-state index < -0.39 is 5.91 Å². The molecule has 2 saturated carbocycles. The summed E-state index contributed by atoms with van der Waals surface area (Å²) in [5, 5.41) is 4.37. The minimum atomic E-state index is -0.529. The number of amides is 1. The Labute approximate surface area is 251 Å². The van der Waals surface area contributed by atoms with Crippen molar-refractivity contribution in [2.45, 2.75) is 89.7 Å². The summed E-state index contributed by atoms with van der Waals surface area (Å²) in [7, 11) is 0. The van der Waals surface area contributed by atoms with Gasteiger partial charge in [0.25, 0.3) is 5.91 Å². The van der Waals surface area contributed by atoms with E-state index in [-0.39, 0.29) is 41.2 Å². The van der Waals surface area contributed by atoms with Gasteiger partial charge >= 0.3 is 5.97 Å². The van der Waals surface area contributed by atoms with Crippen LogP contribution in [0.3, 0.4) is 0 Å². The SMILES string of the molecule is C[C@@H](CCCCN)C(=O)OC1CCC(Nc2cc(-c3c4n(c5cc(F)ccc35)C(=O)CC3(CC3)C4)ccc2C(N)=O)CC1. The Balaban J connectivity index is 1.23. The average Bonchev–Trinajstić information content (AvgIpc) is 3.63. The number of halogens is 1. The number of unbranched alkanes of at least 4 members (excludes halogenated alkanes) is 1. The highest BCUT2D eigenvalue weighted by Gasteiger charge is 2.49. The summed E-state index contributed by atoms with van der Waals surface area (Å²) < 4.78 is 21.9. The summed E-state index contributed by atoms with van der Waals surface area (Å²) in [5.74, 6) is -1.19. The van der Waals surface area contributed by atoms with Crippen LogP contribution in [0.5, 0.6) is 0 Å². The van der Waals surface area contributed by atoms with Crippen molar-refractivity contribution in [3.05, 3.63) is 53.5 Å². The molecule has 8 nitrogen and oxygen atoms in total. The summed E-state index contributed by atoms with van der Waals surface area (Å²) >= 11 is 0. The number of hydrogen-bond donors (Lipinski definition) is 3. The van der Waals surface area contributed by atoms with E-state index in [4.69, 9.17) is 16.2 Å². The van der Waals surface area contributed by atoms with Gasteiger partial charge in [0.1, 0.15) is 11.9 Å². The van der Waals surface area contributed by atoms with Gasteiger partial charge in [-0.05, 0) is 106 Å². The van der Waals surface area contributed by atoms with Crippen molar-refractivity contribution in [1.29, 1.82) is 0 Å². The monoisotopic (exact) mass is 588 g/mol. The molecule has 1 aromatic heterocycles. The first-order valence-corrected chi connectivity index (χ1v) is 15.7. The topological polar surface area (TPSA) is 129 Å². The third kappa shape index (κ3) is 5.92. The van der Waals surface area contributed by atoms with Gasteiger partial charge in [-0.15, -0.1) is 0 Å². The highest BCUT2D eigenvalue weighted by Crippen LogP contribution is 2.56. The average molecular weight is 589 g/mol. The molecule has 0 radical (unpaired) electrons. The van der Waals surface area contributed by atoms with Gasteiger partial charge < -0.3 is 21.5 Å². The summed E-state index contributed by atoms with van der Waals surface area (Å²) in [6, 6.07) is 10.2. The molecular weight excluding hydrogens is 547 g/mol. The van der Waals surface area contributed by atoms with Crippen molar-refractivity contribution in [2.75, 3.05) is 11.9 Å². The van der Waals surface area contributed by atoms with Gasteiger partial charge in [0.15, 0.2) is 0 Å². The largest absolute Gasteiger partial charge is 0.462 e. The van der Waals surface area contributed by atoms with Crippen molar-refractivity contribution in [2.24, 2.45) is 22.8 Å². The van der Waals surface area contributed by atoms with E-state index in [9.17, 15) is 18.8 Å². The molecule has 2 aromatic carbocycles. The van der Waals surface area contributed by atoms with E-state index in [2.05, 4.69) is 5.32 Å². The number of nitrogens with zero attached hydrogens (tertiary/aromatic N) is 1. The summed E-state index contributed by atoms with van der Waals surface area (Å²) in [6.07, 6.45) is 8.81. The van der Waals surface area contributed by atoms with Crippen LogP contribution in [0, 0.1) is 17.2 Å². The van der Waals surface area contributed by atoms with Crippen LogP contribution in [-0.2, 0) is 16.0 Å². The highest BCUT2D eigenvalue weighted by atomic mass is 19.1. The van der Waals surface area contributed by atoms with Gasteiger partial charge in [-0.3, -0.25) is 19.0 Å². The van der Waals surface area contributed by atoms with E-state index in [1.165, 1.54) is 12.1 Å². The molecule has 1 amide bonds. The lowest BCUT2D eigenvalue weighted by molar-refractivity contribution is -0.155. The maximum Gasteiger partial charge on any atom is 0.308 e. The lowest BCUT2D eigenvalue weighted by Crippen LogP contribution is -2.32. The van der Waals surface area contributed by atoms with Gasteiger partial charge in [0.05, 0.1) is 17.0 Å². The van der Waals surface area contributed by atoms with Gasteiger partial charge in [-0.2, -0.15) is 0 Å². The maximum atomic E-state index is 14.4. The standard InChI is InChI=1S/C34H41FN4O4/c1-20(4-2-3-15-36)33(42)43-24-9-7-23(8-10-24)38-27-16-21(5-11-25(27)32(37)41)31-26-12-6-22(35)17-28(26)39-29(31)18-34(13-14-34)19-30(39)40/h5-6,11-12,16-17,20,23-24,38H,2-4,7-10,13-15,18-19,36H2,1H3,(H2,37,41)/t20-,23?,24?/m0/s1. The van der Waals surface area contributed by atoms with Gasteiger partial charge in [-0.1, -0.05) is 19.4 Å². The molecular formula is C34H41FN4O4. The Hall–Kier alpha value is -3.72. The predicted molar refractivity (Wildman–Crippen MR) is 164 cm³/mol. The number of carbonyl (C=O) groups is 3. The van der Waals surface area contributed by atoms with Crippen LogP contribution in [0.1, 0.15) is 92.0 Å². The number of nitrogens with two attached hydrogens (primary N) is 2. The van der Waals surface area contributed by atoms with E-state index in [1.807, 2.05) is 19.1 Å². The summed E-state index contributed by atoms with van der Waals surface area (Å²) in [6.45, 7) is 2.54. The predicted octanol–water partition coefficient (Wildman–Crippen LogP) is 5.94.